The number of hydrogen-bond acceptors (Lipinski definition) is 5. The zero-order valence-corrected chi connectivity index (χ0v) is 16.6. The molecule has 1 aromatic heterocycles. The van der Waals surface area contributed by atoms with E-state index in [1.807, 2.05) is 41.1 Å². The molecule has 8 heteroatoms. The van der Waals surface area contributed by atoms with Crippen molar-refractivity contribution >= 4 is 16.0 Å². The Kier molecular flexibility index (Phi) is 5.25. The molecule has 0 radical (unpaired) electrons. The van der Waals surface area contributed by atoms with Gasteiger partial charge in [0.15, 0.2) is 0 Å². The van der Waals surface area contributed by atoms with Gasteiger partial charge in [0, 0.05) is 31.9 Å². The summed E-state index contributed by atoms with van der Waals surface area (Å²) in [5.41, 5.74) is 0.470. The van der Waals surface area contributed by atoms with E-state index in [0.29, 0.717) is 45.3 Å². The summed E-state index contributed by atoms with van der Waals surface area (Å²) in [6.07, 6.45) is 7.27. The molecule has 2 saturated heterocycles. The van der Waals surface area contributed by atoms with Crippen LogP contribution in [-0.2, 0) is 32.5 Å². The molecule has 4 rings (SSSR count). The highest BCUT2D eigenvalue weighted by Crippen LogP contribution is 2.43. The van der Waals surface area contributed by atoms with Crippen LogP contribution in [0.5, 0.6) is 0 Å². The molecule has 0 aliphatic carbocycles. The van der Waals surface area contributed by atoms with Crippen LogP contribution in [0.4, 0.5) is 0 Å². The van der Waals surface area contributed by atoms with Crippen molar-refractivity contribution in [2.45, 2.75) is 38.3 Å². The first-order chi connectivity index (χ1) is 13.5. The van der Waals surface area contributed by atoms with E-state index in [0.717, 1.165) is 5.56 Å². The van der Waals surface area contributed by atoms with Crippen molar-refractivity contribution in [1.29, 1.82) is 0 Å². The molecule has 1 aromatic carbocycles. The van der Waals surface area contributed by atoms with E-state index in [2.05, 4.69) is 4.98 Å². The van der Waals surface area contributed by atoms with Gasteiger partial charge in [-0.2, -0.15) is 0 Å². The van der Waals surface area contributed by atoms with Crippen molar-refractivity contribution in [1.82, 2.24) is 13.9 Å². The number of hydrogen-bond donors (Lipinski definition) is 0. The number of aryl methyl sites for hydroxylation is 1. The van der Waals surface area contributed by atoms with Crippen LogP contribution in [-0.4, -0.2) is 53.2 Å². The molecule has 2 aliphatic rings. The van der Waals surface area contributed by atoms with Crippen LogP contribution in [0, 0.1) is 5.41 Å². The van der Waals surface area contributed by atoms with Crippen molar-refractivity contribution in [3.63, 3.8) is 0 Å². The van der Waals surface area contributed by atoms with Crippen LogP contribution in [0.15, 0.2) is 49.1 Å². The van der Waals surface area contributed by atoms with Gasteiger partial charge in [0.2, 0.25) is 10.0 Å². The van der Waals surface area contributed by atoms with Crippen molar-refractivity contribution < 1.29 is 17.9 Å². The third-order valence-electron chi connectivity index (χ3n) is 5.86. The second kappa shape index (κ2) is 7.67. The molecule has 1 atom stereocenters. The minimum atomic E-state index is -3.33. The highest BCUT2D eigenvalue weighted by Gasteiger charge is 2.51. The molecule has 2 fully saturated rings. The summed E-state index contributed by atoms with van der Waals surface area (Å²) in [4.78, 5) is 16.6. The lowest BCUT2D eigenvalue weighted by Gasteiger charge is -2.35. The number of sulfonamides is 1. The summed E-state index contributed by atoms with van der Waals surface area (Å²) < 4.78 is 34.5. The SMILES string of the molecule is O=C1OC(Cn2ccnc2)CC12CCN(S(=O)(=O)CCc1ccccc1)CC2. The number of cyclic esters (lactones) is 1. The first-order valence-electron chi connectivity index (χ1n) is 9.65. The van der Waals surface area contributed by atoms with Gasteiger partial charge in [-0.15, -0.1) is 0 Å². The van der Waals surface area contributed by atoms with Crippen LogP contribution in [0.1, 0.15) is 24.8 Å². The summed E-state index contributed by atoms with van der Waals surface area (Å²) >= 11 is 0. The van der Waals surface area contributed by atoms with Crippen LogP contribution in [0.2, 0.25) is 0 Å². The largest absolute Gasteiger partial charge is 0.460 e. The number of nitrogens with zero attached hydrogens (tertiary/aromatic N) is 3. The number of imidazole rings is 1. The fourth-order valence-corrected chi connectivity index (χ4v) is 5.68. The van der Waals surface area contributed by atoms with Crippen molar-refractivity contribution in [2.24, 2.45) is 5.41 Å². The topological polar surface area (TPSA) is 81.5 Å². The minimum Gasteiger partial charge on any atom is -0.460 e. The normalized spacial score (nSPS) is 22.4. The Morgan fingerprint density at radius 2 is 1.93 bits per heavy atom. The van der Waals surface area contributed by atoms with Gasteiger partial charge in [0.25, 0.3) is 0 Å². The van der Waals surface area contributed by atoms with Gasteiger partial charge < -0.3 is 9.30 Å². The summed E-state index contributed by atoms with van der Waals surface area (Å²) in [7, 11) is -3.33. The van der Waals surface area contributed by atoms with Gasteiger partial charge in [0.1, 0.15) is 6.10 Å². The van der Waals surface area contributed by atoms with E-state index in [9.17, 15) is 13.2 Å². The first kappa shape index (κ1) is 19.1. The Morgan fingerprint density at radius 1 is 1.18 bits per heavy atom. The average Bonchev–Trinajstić information content (AvgIpc) is 3.30. The second-order valence-electron chi connectivity index (χ2n) is 7.72. The second-order valence-corrected chi connectivity index (χ2v) is 9.81. The lowest BCUT2D eigenvalue weighted by atomic mass is 9.76. The van der Waals surface area contributed by atoms with Gasteiger partial charge in [0.05, 0.1) is 24.0 Å². The standard InChI is InChI=1S/C20H25N3O4S/c24-19-20(14-18(27-19)15-22-12-9-21-16-22)7-10-23(11-8-20)28(25,26)13-6-17-4-2-1-3-5-17/h1-5,9,12,16,18H,6-8,10-11,13-15H2. The van der Waals surface area contributed by atoms with E-state index in [4.69, 9.17) is 4.74 Å². The van der Waals surface area contributed by atoms with Crippen molar-refractivity contribution in [3.8, 4) is 0 Å². The Labute approximate surface area is 165 Å². The molecule has 7 nitrogen and oxygen atoms in total. The average molecular weight is 404 g/mol. The van der Waals surface area contributed by atoms with E-state index < -0.39 is 15.4 Å². The number of ether oxygens (including phenoxy) is 1. The van der Waals surface area contributed by atoms with E-state index in [-0.39, 0.29) is 17.8 Å². The number of rotatable bonds is 6. The quantitative estimate of drug-likeness (QED) is 0.688. The van der Waals surface area contributed by atoms with E-state index >= 15 is 0 Å². The van der Waals surface area contributed by atoms with Crippen molar-refractivity contribution in [3.05, 3.63) is 54.6 Å². The third-order valence-corrected chi connectivity index (χ3v) is 7.74. The zero-order valence-electron chi connectivity index (χ0n) is 15.7. The Bertz CT molecular complexity index is 904. The zero-order chi connectivity index (χ0) is 19.6. The third kappa shape index (κ3) is 3.98. The Balaban J connectivity index is 1.34. The fraction of sp³-hybridized carbons (Fsp3) is 0.500. The van der Waals surface area contributed by atoms with E-state index in [1.165, 1.54) is 4.31 Å². The Hall–Kier alpha value is -2.19. The minimum absolute atomic E-state index is 0.0950. The van der Waals surface area contributed by atoms with Gasteiger partial charge in [-0.1, -0.05) is 30.3 Å². The number of piperidine rings is 1. The number of aromatic nitrogens is 2. The van der Waals surface area contributed by atoms with Crippen molar-refractivity contribution in [2.75, 3.05) is 18.8 Å². The summed E-state index contributed by atoms with van der Waals surface area (Å²) in [5, 5.41) is 0. The van der Waals surface area contributed by atoms with Crippen LogP contribution in [0.3, 0.4) is 0 Å². The molecule has 2 aliphatic heterocycles. The molecule has 1 spiro atoms. The molecule has 2 aromatic rings. The lowest BCUT2D eigenvalue weighted by molar-refractivity contribution is -0.150. The molecule has 1 unspecified atom stereocenters. The number of carbonyl (C=O) groups is 1. The predicted molar refractivity (Wildman–Crippen MR) is 104 cm³/mol. The molecule has 28 heavy (non-hydrogen) atoms. The van der Waals surface area contributed by atoms with Crippen LogP contribution in [0.25, 0.3) is 0 Å². The Morgan fingerprint density at radius 3 is 2.61 bits per heavy atom. The number of esters is 1. The molecular formula is C20H25N3O4S. The maximum Gasteiger partial charge on any atom is 0.312 e. The lowest BCUT2D eigenvalue weighted by Crippen LogP contribution is -2.45. The summed E-state index contributed by atoms with van der Waals surface area (Å²) in [5.74, 6) is -0.0866. The molecule has 150 valence electrons. The van der Waals surface area contributed by atoms with Crippen LogP contribution < -0.4 is 0 Å². The van der Waals surface area contributed by atoms with Gasteiger partial charge in [-0.25, -0.2) is 17.7 Å². The molecular weight excluding hydrogens is 378 g/mol. The molecule has 0 amide bonds. The van der Waals surface area contributed by atoms with Gasteiger partial charge in [-0.3, -0.25) is 4.79 Å². The number of carbonyl (C=O) groups excluding carboxylic acids is 1. The fourth-order valence-electron chi connectivity index (χ4n) is 4.19. The van der Waals surface area contributed by atoms with E-state index in [1.54, 1.807) is 12.5 Å². The molecule has 3 heterocycles. The highest BCUT2D eigenvalue weighted by molar-refractivity contribution is 7.89. The smallest absolute Gasteiger partial charge is 0.312 e. The first-order valence-corrected chi connectivity index (χ1v) is 11.3. The van der Waals surface area contributed by atoms with Crippen LogP contribution >= 0.6 is 0 Å². The summed E-state index contributed by atoms with van der Waals surface area (Å²) in [6.45, 7) is 1.35. The summed E-state index contributed by atoms with van der Waals surface area (Å²) in [6, 6.07) is 9.63. The molecule has 0 saturated carbocycles. The predicted octanol–water partition coefficient (Wildman–Crippen LogP) is 1.85. The maximum atomic E-state index is 12.7. The monoisotopic (exact) mass is 403 g/mol. The highest BCUT2D eigenvalue weighted by atomic mass is 32.2. The maximum absolute atomic E-state index is 12.7. The molecule has 0 bridgehead atoms. The molecule has 0 N–H and O–H groups in total. The van der Waals surface area contributed by atoms with Gasteiger partial charge >= 0.3 is 5.97 Å². The number of benzene rings is 1. The van der Waals surface area contributed by atoms with Gasteiger partial charge in [-0.05, 0) is 24.8 Å².